The second kappa shape index (κ2) is 31.7. The number of carboxylic acid groups (broad SMARTS) is 1. The molecule has 0 aliphatic rings. The Morgan fingerprint density at radius 1 is 0.537 bits per heavy atom. The predicted octanol–water partition coefficient (Wildman–Crippen LogP) is -0.0292. The van der Waals surface area contributed by atoms with Crippen LogP contribution in [0.1, 0.15) is 70.4 Å². The molecule has 8 unspecified atom stereocenters. The van der Waals surface area contributed by atoms with Crippen LogP contribution in [0.15, 0.2) is 60.7 Å². The molecule has 67 heavy (non-hydrogen) atoms. The van der Waals surface area contributed by atoms with E-state index in [1.54, 1.807) is 73.2 Å². The van der Waals surface area contributed by atoms with E-state index < -0.39 is 102 Å². The Hall–Kier alpha value is -5.22. The number of carbonyl (C=O) groups excluding carboxylic acids is 7. The number of aliphatic hydroxyl groups is 1. The van der Waals surface area contributed by atoms with E-state index in [-0.39, 0.29) is 38.0 Å². The van der Waals surface area contributed by atoms with E-state index in [0.29, 0.717) is 48.4 Å². The van der Waals surface area contributed by atoms with Crippen molar-refractivity contribution in [2.75, 3.05) is 37.2 Å². The highest BCUT2D eigenvalue weighted by Gasteiger charge is 2.33. The summed E-state index contributed by atoms with van der Waals surface area (Å²) in [6.07, 6.45) is 5.51. The van der Waals surface area contributed by atoms with Crippen molar-refractivity contribution in [1.29, 1.82) is 0 Å². The number of thioether (sulfide) groups is 2. The van der Waals surface area contributed by atoms with Crippen LogP contribution < -0.4 is 48.7 Å². The maximum Gasteiger partial charge on any atom is 0.326 e. The monoisotopic (exact) mass is 973 g/mol. The Labute approximate surface area is 402 Å². The highest BCUT2D eigenvalue weighted by atomic mass is 32.2. The average Bonchev–Trinajstić information content (AvgIpc) is 3.29. The number of nitrogens with one attached hydrogen (secondary N) is 7. The van der Waals surface area contributed by atoms with Gasteiger partial charge in [-0.3, -0.25) is 33.6 Å². The molecule has 2 aromatic carbocycles. The van der Waals surface area contributed by atoms with Gasteiger partial charge >= 0.3 is 5.97 Å². The van der Waals surface area contributed by atoms with Gasteiger partial charge in [0.05, 0.1) is 12.6 Å². The van der Waals surface area contributed by atoms with E-state index in [1.807, 2.05) is 13.8 Å². The molecule has 0 saturated carbocycles. The van der Waals surface area contributed by atoms with Gasteiger partial charge in [0.15, 0.2) is 0 Å². The number of rotatable bonds is 32. The fourth-order valence-corrected chi connectivity index (χ4v) is 7.67. The number of nitrogens with two attached hydrogens (primary N) is 2. The van der Waals surface area contributed by atoms with Crippen molar-refractivity contribution in [2.24, 2.45) is 17.4 Å². The van der Waals surface area contributed by atoms with Crippen molar-refractivity contribution in [3.05, 3.63) is 71.8 Å². The zero-order valence-corrected chi connectivity index (χ0v) is 40.7. The van der Waals surface area contributed by atoms with E-state index in [1.165, 1.54) is 30.4 Å². The fourth-order valence-electron chi connectivity index (χ4n) is 6.73. The van der Waals surface area contributed by atoms with Gasteiger partial charge in [-0.15, -0.1) is 0 Å². The Bertz CT molecular complexity index is 1880. The van der Waals surface area contributed by atoms with Crippen LogP contribution in [0.4, 0.5) is 0 Å². The number of hydrogen-bond acceptors (Lipinski definition) is 13. The first-order valence-corrected chi connectivity index (χ1v) is 25.2. The molecule has 19 nitrogen and oxygen atoms in total. The molecule has 0 aliphatic carbocycles. The van der Waals surface area contributed by atoms with Crippen LogP contribution in [0, 0.1) is 5.92 Å². The Morgan fingerprint density at radius 2 is 0.940 bits per heavy atom. The van der Waals surface area contributed by atoms with Crippen LogP contribution in [0.25, 0.3) is 0 Å². The van der Waals surface area contributed by atoms with E-state index in [2.05, 4.69) is 37.2 Å². The molecule has 0 aliphatic heterocycles. The van der Waals surface area contributed by atoms with Crippen LogP contribution in [-0.4, -0.2) is 143 Å². The first kappa shape index (κ1) is 57.9. The van der Waals surface area contributed by atoms with Gasteiger partial charge in [0.1, 0.15) is 42.3 Å². The van der Waals surface area contributed by atoms with Gasteiger partial charge in [-0.2, -0.15) is 23.5 Å². The maximum absolute atomic E-state index is 14.0. The minimum atomic E-state index is -1.59. The molecule has 0 radical (unpaired) electrons. The van der Waals surface area contributed by atoms with Gasteiger partial charge < -0.3 is 58.9 Å². The standard InChI is InChI=1S/C46H71N9O10S2/c1-28(2)24-32(48)40(58)50-33(18-12-13-21-47)41(59)54-36(25-30-14-8-6-9-15-30)43(61)49-29(3)39(57)53-37(26-31-16-10-7-11-17-31)44(62)55-38(27-56)45(63)51-34(19-22-66-4)42(60)52-35(46(64)65)20-23-67-5/h6-11,14-17,28-29,32-38,56H,12-13,18-27,47-48H2,1-5H3,(H,49,61)(H,50,58)(H,51,63)(H,52,60)(H,53,57)(H,54,59)(H,55,62)(H,64,65). The number of benzene rings is 2. The topological polar surface area (TPSA) is 313 Å². The lowest BCUT2D eigenvalue weighted by molar-refractivity contribution is -0.142. The van der Waals surface area contributed by atoms with Gasteiger partial charge in [0.25, 0.3) is 0 Å². The SMILES string of the molecule is CSCCC(NC(=O)C(CCSC)NC(=O)C(CO)NC(=O)C(Cc1ccccc1)NC(=O)C(C)NC(=O)C(Cc1ccccc1)NC(=O)C(CCCCN)NC(=O)C(N)CC(C)C)C(=O)O. The lowest BCUT2D eigenvalue weighted by atomic mass is 10.0. The summed E-state index contributed by atoms with van der Waals surface area (Å²) in [5.41, 5.74) is 13.1. The minimum Gasteiger partial charge on any atom is -0.480 e. The van der Waals surface area contributed by atoms with Crippen molar-refractivity contribution in [2.45, 2.75) is 120 Å². The second-order valence-electron chi connectivity index (χ2n) is 16.6. The molecule has 7 amide bonds. The van der Waals surface area contributed by atoms with Gasteiger partial charge in [0.2, 0.25) is 41.4 Å². The van der Waals surface area contributed by atoms with Crippen molar-refractivity contribution < 1.29 is 48.6 Å². The van der Waals surface area contributed by atoms with Gasteiger partial charge in [-0.25, -0.2) is 4.79 Å². The van der Waals surface area contributed by atoms with Crippen molar-refractivity contribution >= 4 is 70.8 Å². The first-order chi connectivity index (χ1) is 31.9. The average molecular weight is 974 g/mol. The molecule has 8 atom stereocenters. The quantitative estimate of drug-likeness (QED) is 0.0430. The molecule has 372 valence electrons. The molecule has 0 fully saturated rings. The predicted molar refractivity (Wildman–Crippen MR) is 261 cm³/mol. The highest BCUT2D eigenvalue weighted by Crippen LogP contribution is 2.11. The van der Waals surface area contributed by atoms with E-state index in [4.69, 9.17) is 11.5 Å². The summed E-state index contributed by atoms with van der Waals surface area (Å²) in [5, 5.41) is 38.1. The molecule has 13 N–H and O–H groups in total. The number of carboxylic acids is 1. The van der Waals surface area contributed by atoms with E-state index in [9.17, 15) is 48.6 Å². The largest absolute Gasteiger partial charge is 0.480 e. The van der Waals surface area contributed by atoms with Gasteiger partial charge in [-0.05, 0) is 93.1 Å². The van der Waals surface area contributed by atoms with Crippen molar-refractivity contribution in [3.63, 3.8) is 0 Å². The van der Waals surface area contributed by atoms with Gasteiger partial charge in [-0.1, -0.05) is 74.5 Å². The number of amides is 7. The summed E-state index contributed by atoms with van der Waals surface area (Å²) in [5.74, 6) is -5.45. The number of hydrogen-bond donors (Lipinski definition) is 11. The van der Waals surface area contributed by atoms with Crippen molar-refractivity contribution in [1.82, 2.24) is 37.2 Å². The fraction of sp³-hybridized carbons (Fsp3) is 0.565. The highest BCUT2D eigenvalue weighted by molar-refractivity contribution is 7.98. The van der Waals surface area contributed by atoms with Crippen LogP contribution in [0.3, 0.4) is 0 Å². The summed E-state index contributed by atoms with van der Waals surface area (Å²) < 4.78 is 0. The third-order valence-corrected chi connectivity index (χ3v) is 11.8. The zero-order valence-electron chi connectivity index (χ0n) is 39.1. The molecule has 0 heterocycles. The Kier molecular flexibility index (Phi) is 27.4. The van der Waals surface area contributed by atoms with Crippen LogP contribution in [0.5, 0.6) is 0 Å². The molecule has 0 aromatic heterocycles. The van der Waals surface area contributed by atoms with E-state index in [0.717, 1.165) is 0 Å². The molecule has 0 bridgehead atoms. The third-order valence-electron chi connectivity index (χ3n) is 10.5. The number of carbonyl (C=O) groups is 8. The normalized spacial score (nSPS) is 14.7. The van der Waals surface area contributed by atoms with Crippen LogP contribution in [-0.2, 0) is 51.2 Å². The summed E-state index contributed by atoms with van der Waals surface area (Å²) in [6.45, 7) is 4.70. The lowest BCUT2D eigenvalue weighted by Crippen LogP contribution is -2.60. The van der Waals surface area contributed by atoms with Gasteiger partial charge in [0, 0.05) is 12.8 Å². The van der Waals surface area contributed by atoms with Crippen molar-refractivity contribution in [3.8, 4) is 0 Å². The third kappa shape index (κ3) is 22.0. The first-order valence-electron chi connectivity index (χ1n) is 22.4. The molecule has 2 aromatic rings. The molecule has 2 rings (SSSR count). The minimum absolute atomic E-state index is 0.0185. The molecule has 0 saturated heterocycles. The van der Waals surface area contributed by atoms with Crippen LogP contribution in [0.2, 0.25) is 0 Å². The van der Waals surface area contributed by atoms with Crippen LogP contribution >= 0.6 is 23.5 Å². The molecular formula is C46H71N9O10S2. The number of unbranched alkanes of at least 4 members (excludes halogenated alkanes) is 1. The summed E-state index contributed by atoms with van der Waals surface area (Å²) in [4.78, 5) is 107. The number of aliphatic carboxylic acids is 1. The maximum atomic E-state index is 14.0. The zero-order chi connectivity index (χ0) is 49.9. The second-order valence-corrected chi connectivity index (χ2v) is 18.6. The number of aliphatic hydroxyl groups excluding tert-OH is 1. The molecule has 21 heteroatoms. The van der Waals surface area contributed by atoms with E-state index >= 15 is 0 Å². The molecular weight excluding hydrogens is 903 g/mol. The Balaban J connectivity index is 2.32. The summed E-state index contributed by atoms with van der Waals surface area (Å²) in [6, 6.07) is 7.77. The smallest absolute Gasteiger partial charge is 0.326 e. The summed E-state index contributed by atoms with van der Waals surface area (Å²) in [7, 11) is 0. The molecule has 0 spiro atoms. The lowest BCUT2D eigenvalue weighted by Gasteiger charge is -2.27. The summed E-state index contributed by atoms with van der Waals surface area (Å²) >= 11 is 2.80. The Morgan fingerprint density at radius 3 is 1.42 bits per heavy atom.